The van der Waals surface area contributed by atoms with Crippen molar-refractivity contribution in [2.45, 2.75) is 81.8 Å². The Hall–Kier alpha value is -2.61. The summed E-state index contributed by atoms with van der Waals surface area (Å²) in [4.78, 5) is 12.6. The van der Waals surface area contributed by atoms with Gasteiger partial charge < -0.3 is 30.0 Å². The summed E-state index contributed by atoms with van der Waals surface area (Å²) in [5.74, 6) is 0.950. The Labute approximate surface area is 213 Å². The molecule has 0 radical (unpaired) electrons. The minimum atomic E-state index is -0.796. The fraction of sp³-hybridized carbons (Fsp3) is 0.552. The van der Waals surface area contributed by atoms with Crippen LogP contribution >= 0.6 is 0 Å². The smallest absolute Gasteiger partial charge is 0.407 e. The molecule has 1 saturated heterocycles. The van der Waals surface area contributed by atoms with Gasteiger partial charge in [0.15, 0.2) is 0 Å². The van der Waals surface area contributed by atoms with E-state index in [0.717, 1.165) is 42.6 Å². The molecule has 4 atom stereocenters. The van der Waals surface area contributed by atoms with Crippen LogP contribution in [-0.4, -0.2) is 54.8 Å². The number of benzene rings is 2. The number of aliphatic hydroxyl groups excluding tert-OH is 1. The molecule has 1 spiro atoms. The summed E-state index contributed by atoms with van der Waals surface area (Å²) < 4.78 is 17.3. The predicted molar refractivity (Wildman–Crippen MR) is 137 cm³/mol. The zero-order valence-corrected chi connectivity index (χ0v) is 21.1. The Bertz CT molecular complexity index is 1020. The van der Waals surface area contributed by atoms with E-state index in [1.807, 2.05) is 30.3 Å². The van der Waals surface area contributed by atoms with E-state index in [2.05, 4.69) is 35.8 Å². The highest BCUT2D eigenvalue weighted by molar-refractivity contribution is 5.68. The second-order valence-corrected chi connectivity index (χ2v) is 10.4. The van der Waals surface area contributed by atoms with Crippen LogP contribution in [0.15, 0.2) is 48.5 Å². The molecule has 1 amide bonds. The van der Waals surface area contributed by atoms with E-state index in [1.165, 1.54) is 12.0 Å². The number of fused-ring (bicyclic) bond motifs is 1. The lowest BCUT2D eigenvalue weighted by Gasteiger charge is -2.48. The monoisotopic (exact) mass is 494 g/mol. The molecule has 0 aromatic heterocycles. The normalized spacial score (nSPS) is 23.7. The van der Waals surface area contributed by atoms with Crippen LogP contribution in [0.25, 0.3) is 0 Å². The van der Waals surface area contributed by atoms with Gasteiger partial charge >= 0.3 is 6.09 Å². The van der Waals surface area contributed by atoms with Gasteiger partial charge in [0.05, 0.1) is 25.4 Å². The lowest BCUT2D eigenvalue weighted by molar-refractivity contribution is -0.0382. The standard InChI is InChI=1S/C29H38N2O5/c1-2-20-9-10-27-23(15-20)25(17-29(36-27)12-6-13-29)30-18-26(32)24(16-21-7-4-3-5-8-21)31-28(33)35-22-11-14-34-19-22/h3-5,7-10,15,22,24-26,30,32H,2,6,11-14,16-19H2,1H3,(H,31,33)/t22-,24-,25-,26+/m0/s1. The zero-order chi connectivity index (χ0) is 25.0. The lowest BCUT2D eigenvalue weighted by Crippen LogP contribution is -2.52. The molecular weight excluding hydrogens is 456 g/mol. The van der Waals surface area contributed by atoms with Crippen LogP contribution in [0.3, 0.4) is 0 Å². The number of amides is 1. The number of alkyl carbamates (subject to hydrolysis) is 1. The third kappa shape index (κ3) is 5.85. The van der Waals surface area contributed by atoms with Crippen LogP contribution in [0.2, 0.25) is 0 Å². The van der Waals surface area contributed by atoms with E-state index in [1.54, 1.807) is 0 Å². The molecule has 2 heterocycles. The Kier molecular flexibility index (Phi) is 7.79. The first kappa shape index (κ1) is 25.1. The van der Waals surface area contributed by atoms with Crippen molar-refractivity contribution in [3.8, 4) is 5.75 Å². The summed E-state index contributed by atoms with van der Waals surface area (Å²) in [6.07, 6.45) is 4.84. The van der Waals surface area contributed by atoms with Crippen molar-refractivity contribution in [2.24, 2.45) is 0 Å². The largest absolute Gasteiger partial charge is 0.487 e. The summed E-state index contributed by atoms with van der Waals surface area (Å²) in [6, 6.07) is 16.0. The average molecular weight is 495 g/mol. The van der Waals surface area contributed by atoms with Crippen molar-refractivity contribution in [1.29, 1.82) is 0 Å². The number of hydrogen-bond acceptors (Lipinski definition) is 6. The van der Waals surface area contributed by atoms with Gasteiger partial charge in [-0.15, -0.1) is 0 Å². The van der Waals surface area contributed by atoms with Gasteiger partial charge in [0.25, 0.3) is 0 Å². The van der Waals surface area contributed by atoms with Gasteiger partial charge in [0.2, 0.25) is 0 Å². The molecule has 36 heavy (non-hydrogen) atoms. The Morgan fingerprint density at radius 2 is 2.03 bits per heavy atom. The minimum Gasteiger partial charge on any atom is -0.487 e. The molecule has 2 fully saturated rings. The second-order valence-electron chi connectivity index (χ2n) is 10.4. The van der Waals surface area contributed by atoms with Crippen molar-refractivity contribution < 1.29 is 24.1 Å². The van der Waals surface area contributed by atoms with Crippen LogP contribution < -0.4 is 15.4 Å². The minimum absolute atomic E-state index is 0.0927. The Morgan fingerprint density at radius 1 is 1.19 bits per heavy atom. The van der Waals surface area contributed by atoms with Gasteiger partial charge in [-0.1, -0.05) is 49.4 Å². The number of aliphatic hydroxyl groups is 1. The highest BCUT2D eigenvalue weighted by atomic mass is 16.6. The van der Waals surface area contributed by atoms with Crippen molar-refractivity contribution in [3.05, 3.63) is 65.2 Å². The predicted octanol–water partition coefficient (Wildman–Crippen LogP) is 4.07. The summed E-state index contributed by atoms with van der Waals surface area (Å²) in [5.41, 5.74) is 3.38. The molecule has 1 aliphatic carbocycles. The lowest BCUT2D eigenvalue weighted by atomic mass is 9.72. The van der Waals surface area contributed by atoms with E-state index < -0.39 is 18.2 Å². The van der Waals surface area contributed by atoms with Gasteiger partial charge in [0, 0.05) is 31.0 Å². The highest BCUT2D eigenvalue weighted by Crippen LogP contribution is 2.49. The maximum absolute atomic E-state index is 12.6. The third-order valence-electron chi connectivity index (χ3n) is 7.83. The van der Waals surface area contributed by atoms with E-state index >= 15 is 0 Å². The summed E-state index contributed by atoms with van der Waals surface area (Å²) in [7, 11) is 0. The maximum Gasteiger partial charge on any atom is 0.407 e. The van der Waals surface area contributed by atoms with E-state index in [4.69, 9.17) is 14.2 Å². The van der Waals surface area contributed by atoms with E-state index in [0.29, 0.717) is 32.6 Å². The number of ether oxygens (including phenoxy) is 3. The molecule has 1 saturated carbocycles. The number of carbonyl (C=O) groups excluding carboxylic acids is 1. The first-order valence-corrected chi connectivity index (χ1v) is 13.4. The third-order valence-corrected chi connectivity index (χ3v) is 7.83. The maximum atomic E-state index is 12.6. The van der Waals surface area contributed by atoms with Gasteiger partial charge in [0.1, 0.15) is 17.5 Å². The quantitative estimate of drug-likeness (QED) is 0.487. The number of nitrogens with one attached hydrogen (secondary N) is 2. The molecule has 194 valence electrons. The summed E-state index contributed by atoms with van der Waals surface area (Å²) >= 11 is 0. The van der Waals surface area contributed by atoms with Crippen molar-refractivity contribution in [3.63, 3.8) is 0 Å². The number of hydrogen-bond donors (Lipinski definition) is 3. The fourth-order valence-corrected chi connectivity index (χ4v) is 5.50. The SMILES string of the molecule is CCc1ccc2c(c1)[C@@H](NC[C@@H](O)[C@H](Cc1ccccc1)NC(=O)O[C@H]1CCOC1)CC1(CCC1)O2. The molecule has 3 aliphatic rings. The van der Waals surface area contributed by atoms with Crippen molar-refractivity contribution in [2.75, 3.05) is 19.8 Å². The second kappa shape index (κ2) is 11.2. The molecule has 0 unspecified atom stereocenters. The topological polar surface area (TPSA) is 89.1 Å². The molecule has 2 aliphatic heterocycles. The summed E-state index contributed by atoms with van der Waals surface area (Å²) in [5, 5.41) is 17.8. The molecular formula is C29H38N2O5. The molecule has 3 N–H and O–H groups in total. The molecule has 7 heteroatoms. The van der Waals surface area contributed by atoms with Crippen LogP contribution in [0.5, 0.6) is 5.75 Å². The number of rotatable bonds is 9. The Balaban J connectivity index is 1.27. The van der Waals surface area contributed by atoms with Crippen molar-refractivity contribution >= 4 is 6.09 Å². The van der Waals surface area contributed by atoms with Gasteiger partial charge in [-0.2, -0.15) is 0 Å². The molecule has 2 aromatic carbocycles. The van der Waals surface area contributed by atoms with E-state index in [9.17, 15) is 9.90 Å². The Morgan fingerprint density at radius 3 is 2.72 bits per heavy atom. The number of carbonyl (C=O) groups is 1. The van der Waals surface area contributed by atoms with Crippen LogP contribution in [0.1, 0.15) is 61.8 Å². The molecule has 5 rings (SSSR count). The number of aryl methyl sites for hydroxylation is 1. The first-order valence-electron chi connectivity index (χ1n) is 13.4. The van der Waals surface area contributed by atoms with Gasteiger partial charge in [-0.05, 0) is 49.3 Å². The summed E-state index contributed by atoms with van der Waals surface area (Å²) in [6.45, 7) is 3.53. The zero-order valence-electron chi connectivity index (χ0n) is 21.1. The molecule has 0 bridgehead atoms. The highest BCUT2D eigenvalue weighted by Gasteiger charge is 2.45. The molecule has 7 nitrogen and oxygen atoms in total. The van der Waals surface area contributed by atoms with Crippen LogP contribution in [0, 0.1) is 0 Å². The van der Waals surface area contributed by atoms with Gasteiger partial charge in [-0.25, -0.2) is 4.79 Å². The van der Waals surface area contributed by atoms with Crippen LogP contribution in [-0.2, 0) is 22.3 Å². The van der Waals surface area contributed by atoms with Gasteiger partial charge in [-0.3, -0.25) is 0 Å². The average Bonchev–Trinajstić information content (AvgIpc) is 3.38. The van der Waals surface area contributed by atoms with E-state index in [-0.39, 0.29) is 17.7 Å². The fourth-order valence-electron chi connectivity index (χ4n) is 5.50. The molecule has 2 aromatic rings. The van der Waals surface area contributed by atoms with Crippen molar-refractivity contribution in [1.82, 2.24) is 10.6 Å². The first-order chi connectivity index (χ1) is 17.5. The van der Waals surface area contributed by atoms with Crippen LogP contribution in [0.4, 0.5) is 4.79 Å².